The fourth-order valence-corrected chi connectivity index (χ4v) is 9.40. The molecule has 0 radical (unpaired) electrons. The van der Waals surface area contributed by atoms with Gasteiger partial charge in [-0.3, -0.25) is 9.59 Å². The van der Waals surface area contributed by atoms with Gasteiger partial charge in [-0.2, -0.15) is 26.3 Å². The minimum atomic E-state index is -6.41. The van der Waals surface area contributed by atoms with Gasteiger partial charge in [0, 0.05) is 37.3 Å². The van der Waals surface area contributed by atoms with Gasteiger partial charge in [0.1, 0.15) is 10.6 Å². The SMILES string of the molecule is CN1CC2N(C(=O)[C@H]3CC[C@H](C(=O)O)CC3)CCC2(S(=O)(=O)c2cccc(F)c2)c2ccc(C(F)(C(F)(F)F)C(F)(F)F)cc21. The molecule has 2 unspecified atom stereocenters. The van der Waals surface area contributed by atoms with Gasteiger partial charge >= 0.3 is 24.0 Å². The number of benzene rings is 2. The van der Waals surface area contributed by atoms with Crippen molar-refractivity contribution in [3.8, 4) is 0 Å². The third kappa shape index (κ3) is 4.94. The Hall–Kier alpha value is -3.43. The molecule has 0 aromatic heterocycles. The van der Waals surface area contributed by atoms with Crippen molar-refractivity contribution in [2.75, 3.05) is 25.0 Å². The molecule has 2 heterocycles. The monoisotopic (exact) mass is 668 g/mol. The lowest BCUT2D eigenvalue weighted by atomic mass is 9.80. The van der Waals surface area contributed by atoms with Gasteiger partial charge in [0.05, 0.1) is 16.9 Å². The van der Waals surface area contributed by atoms with E-state index in [2.05, 4.69) is 0 Å². The Bertz CT molecular complexity index is 1610. The summed E-state index contributed by atoms with van der Waals surface area (Å²) in [4.78, 5) is 27.2. The van der Waals surface area contributed by atoms with Crippen molar-refractivity contribution in [3.63, 3.8) is 0 Å². The molecular formula is C29H28F8N2O5S. The summed E-state index contributed by atoms with van der Waals surface area (Å²) in [5.41, 5.74) is -8.25. The molecule has 0 spiro atoms. The molecule has 7 nitrogen and oxygen atoms in total. The molecule has 1 saturated carbocycles. The number of hydrogen-bond acceptors (Lipinski definition) is 5. The molecule has 45 heavy (non-hydrogen) atoms. The van der Waals surface area contributed by atoms with Crippen molar-refractivity contribution in [3.05, 3.63) is 59.4 Å². The molecule has 1 saturated heterocycles. The lowest BCUT2D eigenvalue weighted by molar-refractivity contribution is -0.348. The average molecular weight is 669 g/mol. The van der Waals surface area contributed by atoms with Gasteiger partial charge in [0.2, 0.25) is 5.91 Å². The van der Waals surface area contributed by atoms with E-state index < -0.39 is 84.3 Å². The molecule has 1 aliphatic carbocycles. The highest BCUT2D eigenvalue weighted by molar-refractivity contribution is 7.92. The van der Waals surface area contributed by atoms with E-state index >= 15 is 4.39 Å². The normalized spacial score (nSPS) is 25.9. The first kappa shape index (κ1) is 32.9. The Morgan fingerprint density at radius 3 is 2.07 bits per heavy atom. The van der Waals surface area contributed by atoms with Crippen LogP contribution >= 0.6 is 0 Å². The van der Waals surface area contributed by atoms with Crippen LogP contribution in [0.2, 0.25) is 0 Å². The molecule has 2 fully saturated rings. The van der Waals surface area contributed by atoms with E-state index in [1.165, 1.54) is 16.8 Å². The van der Waals surface area contributed by atoms with E-state index in [4.69, 9.17) is 0 Å². The highest BCUT2D eigenvalue weighted by Crippen LogP contribution is 2.57. The van der Waals surface area contributed by atoms with Gasteiger partial charge in [-0.25, -0.2) is 17.2 Å². The number of anilines is 1. The minimum Gasteiger partial charge on any atom is -0.481 e. The van der Waals surface area contributed by atoms with Crippen LogP contribution in [0.15, 0.2) is 47.4 Å². The van der Waals surface area contributed by atoms with Crippen molar-refractivity contribution in [1.82, 2.24) is 4.90 Å². The summed E-state index contributed by atoms with van der Waals surface area (Å²) >= 11 is 0. The van der Waals surface area contributed by atoms with E-state index in [1.807, 2.05) is 0 Å². The van der Waals surface area contributed by atoms with Gasteiger partial charge in [0.15, 0.2) is 9.84 Å². The van der Waals surface area contributed by atoms with Crippen molar-refractivity contribution >= 4 is 27.4 Å². The lowest BCUT2D eigenvalue weighted by Gasteiger charge is -2.47. The van der Waals surface area contributed by atoms with E-state index in [1.54, 1.807) is 0 Å². The number of carbonyl (C=O) groups excluding carboxylic acids is 1. The summed E-state index contributed by atoms with van der Waals surface area (Å²) in [5, 5.41) is 9.32. The molecule has 5 rings (SSSR count). The zero-order chi connectivity index (χ0) is 33.3. The highest BCUT2D eigenvalue weighted by atomic mass is 32.2. The number of hydrogen-bond donors (Lipinski definition) is 1. The average Bonchev–Trinajstić information content (AvgIpc) is 3.36. The van der Waals surface area contributed by atoms with E-state index in [0.29, 0.717) is 12.1 Å². The first-order chi connectivity index (χ1) is 20.8. The number of likely N-dealkylation sites (N-methyl/N-ethyl adjacent to an activating group) is 1. The largest absolute Gasteiger partial charge is 0.481 e. The summed E-state index contributed by atoms with van der Waals surface area (Å²) in [7, 11) is -3.45. The summed E-state index contributed by atoms with van der Waals surface area (Å²) in [6.07, 6.45) is -12.3. The topological polar surface area (TPSA) is 95.0 Å². The third-order valence-electron chi connectivity index (χ3n) is 9.42. The Labute approximate surface area is 252 Å². The molecule has 2 atom stereocenters. The van der Waals surface area contributed by atoms with Crippen LogP contribution in [0.3, 0.4) is 0 Å². The van der Waals surface area contributed by atoms with Gasteiger partial charge in [0.25, 0.3) is 0 Å². The predicted molar refractivity (Wildman–Crippen MR) is 143 cm³/mol. The number of fused-ring (bicyclic) bond motifs is 3. The standard InChI is InChI=1S/C29H28F8N2O5S/c1-38-15-23-26(45(43,44)20-4-2-3-19(30)14-20,11-12-39(23)24(40)16-5-7-17(8-6-16)25(41)42)21-10-9-18(13-22(21)38)27(31,28(32,33)34)29(35,36)37/h2-4,9-10,13-14,16-17,23H,5-8,11-12,15H2,1H3,(H,41,42)/t16-,17-,23?,26?. The summed E-state index contributed by atoms with van der Waals surface area (Å²) in [6.45, 7) is -0.553. The number of amides is 1. The number of likely N-dealkylation sites (tertiary alicyclic amines) is 1. The van der Waals surface area contributed by atoms with Gasteiger partial charge < -0.3 is 14.9 Å². The zero-order valence-corrected chi connectivity index (χ0v) is 24.4. The van der Waals surface area contributed by atoms with Gasteiger partial charge in [-0.15, -0.1) is 0 Å². The van der Waals surface area contributed by atoms with E-state index in [0.717, 1.165) is 24.3 Å². The predicted octanol–water partition coefficient (Wildman–Crippen LogP) is 5.73. The van der Waals surface area contributed by atoms with Crippen LogP contribution < -0.4 is 4.90 Å². The van der Waals surface area contributed by atoms with Crippen molar-refractivity contribution < 1.29 is 58.2 Å². The van der Waals surface area contributed by atoms with Crippen LogP contribution in [-0.4, -0.2) is 68.8 Å². The number of aliphatic carboxylic acids is 1. The molecule has 3 aliphatic rings. The van der Waals surface area contributed by atoms with Gasteiger partial charge in [-0.05, 0) is 61.9 Å². The van der Waals surface area contributed by atoms with Gasteiger partial charge in [-0.1, -0.05) is 18.2 Å². The highest BCUT2D eigenvalue weighted by Gasteiger charge is 2.74. The number of rotatable bonds is 5. The maximum Gasteiger partial charge on any atom is 0.435 e. The molecule has 1 N–H and O–H groups in total. The number of carboxylic acids is 1. The Kier molecular flexibility index (Phi) is 7.93. The minimum absolute atomic E-state index is 0.177. The lowest BCUT2D eigenvalue weighted by Crippen LogP contribution is -2.58. The summed E-state index contributed by atoms with van der Waals surface area (Å²) in [6, 6.07) is 3.98. The number of nitrogens with zero attached hydrogens (tertiary/aromatic N) is 2. The molecule has 246 valence electrons. The fourth-order valence-electron chi connectivity index (χ4n) is 7.07. The van der Waals surface area contributed by atoms with Crippen LogP contribution in [0, 0.1) is 17.7 Å². The number of alkyl halides is 7. The molecule has 2 aromatic carbocycles. The molecule has 16 heteroatoms. The number of carbonyl (C=O) groups is 2. The summed E-state index contributed by atoms with van der Waals surface area (Å²) < 4.78 is 138. The van der Waals surface area contributed by atoms with Crippen LogP contribution in [0.5, 0.6) is 0 Å². The second-order valence-corrected chi connectivity index (χ2v) is 14.0. The maximum absolute atomic E-state index is 15.1. The second-order valence-electron chi connectivity index (χ2n) is 11.8. The quantitative estimate of drug-likeness (QED) is 0.410. The number of sulfone groups is 1. The second kappa shape index (κ2) is 10.8. The Morgan fingerprint density at radius 1 is 0.911 bits per heavy atom. The maximum atomic E-state index is 15.1. The van der Waals surface area contributed by atoms with Crippen molar-refractivity contribution in [2.24, 2.45) is 11.8 Å². The Morgan fingerprint density at radius 2 is 1.51 bits per heavy atom. The first-order valence-corrected chi connectivity index (χ1v) is 15.5. The fraction of sp³-hybridized carbons (Fsp3) is 0.517. The molecule has 0 bridgehead atoms. The molecular weight excluding hydrogens is 640 g/mol. The van der Waals surface area contributed by atoms with Crippen LogP contribution in [0.1, 0.15) is 43.2 Å². The van der Waals surface area contributed by atoms with Crippen LogP contribution in [0.25, 0.3) is 0 Å². The van der Waals surface area contributed by atoms with Crippen molar-refractivity contribution in [2.45, 2.75) is 65.8 Å². The molecule has 2 aliphatic heterocycles. The van der Waals surface area contributed by atoms with E-state index in [-0.39, 0.29) is 56.8 Å². The smallest absolute Gasteiger partial charge is 0.435 e. The number of halogens is 8. The van der Waals surface area contributed by atoms with Crippen LogP contribution in [0.4, 0.5) is 40.8 Å². The zero-order valence-electron chi connectivity index (χ0n) is 23.6. The Balaban J connectivity index is 1.66. The third-order valence-corrected chi connectivity index (χ3v) is 12.0. The van der Waals surface area contributed by atoms with E-state index in [9.17, 15) is 53.8 Å². The van der Waals surface area contributed by atoms with Crippen molar-refractivity contribution in [1.29, 1.82) is 0 Å². The first-order valence-electron chi connectivity index (χ1n) is 14.0. The van der Waals surface area contributed by atoms with Crippen LogP contribution in [-0.2, 0) is 29.8 Å². The molecule has 2 aromatic rings. The number of carboxylic acid groups (broad SMARTS) is 1. The summed E-state index contributed by atoms with van der Waals surface area (Å²) in [5.74, 6) is -3.68. The molecule has 1 amide bonds.